The molecule has 1 aliphatic rings. The van der Waals surface area contributed by atoms with Crippen molar-refractivity contribution < 1.29 is 4.79 Å². The highest BCUT2D eigenvalue weighted by Crippen LogP contribution is 2.13. The van der Waals surface area contributed by atoms with Crippen molar-refractivity contribution in [3.8, 4) is 6.07 Å². The molecule has 1 amide bonds. The zero-order chi connectivity index (χ0) is 14.2. The lowest BCUT2D eigenvalue weighted by molar-refractivity contribution is -0.122. The Morgan fingerprint density at radius 3 is 2.95 bits per heavy atom. The zero-order valence-electron chi connectivity index (χ0n) is 11.7. The first-order valence-corrected chi connectivity index (χ1v) is 8.07. The molecule has 20 heavy (non-hydrogen) atoms. The Morgan fingerprint density at radius 2 is 2.30 bits per heavy atom. The van der Waals surface area contributed by atoms with Gasteiger partial charge in [0.05, 0.1) is 12.6 Å². The van der Waals surface area contributed by atoms with Crippen LogP contribution >= 0.6 is 11.3 Å². The van der Waals surface area contributed by atoms with Crippen molar-refractivity contribution in [3.63, 3.8) is 0 Å². The molecule has 2 heterocycles. The normalized spacial score (nSPS) is 16.8. The molecule has 0 unspecified atom stereocenters. The van der Waals surface area contributed by atoms with Gasteiger partial charge in [-0.15, -0.1) is 11.3 Å². The minimum Gasteiger partial charge on any atom is -0.353 e. The molecule has 0 saturated carbocycles. The molecule has 1 aliphatic heterocycles. The van der Waals surface area contributed by atoms with Crippen LogP contribution in [0.1, 0.15) is 30.6 Å². The van der Waals surface area contributed by atoms with Crippen LogP contribution in [0.5, 0.6) is 0 Å². The number of thiophene rings is 1. The maximum atomic E-state index is 11.9. The topological polar surface area (TPSA) is 56.1 Å². The average Bonchev–Trinajstić information content (AvgIpc) is 2.94. The molecule has 2 rings (SSSR count). The van der Waals surface area contributed by atoms with E-state index in [2.05, 4.69) is 33.8 Å². The van der Waals surface area contributed by atoms with E-state index in [1.54, 1.807) is 11.3 Å². The molecule has 4 nitrogen and oxygen atoms in total. The van der Waals surface area contributed by atoms with Gasteiger partial charge in [0.15, 0.2) is 0 Å². The summed E-state index contributed by atoms with van der Waals surface area (Å²) in [5.74, 6) is 0.167. The Hall–Kier alpha value is -1.38. The van der Waals surface area contributed by atoms with Crippen molar-refractivity contribution in [2.24, 2.45) is 0 Å². The standard InChI is InChI=1S/C15H21N3OS/c16-8-11-18-9-6-13(7-10-18)17-15(19)5-1-3-14-4-2-12-20-14/h2,4,12-13H,1,3,5-7,9-11H2,(H,17,19). The van der Waals surface area contributed by atoms with Crippen molar-refractivity contribution >= 4 is 17.2 Å². The minimum atomic E-state index is 0.167. The van der Waals surface area contributed by atoms with Gasteiger partial charge in [-0.3, -0.25) is 9.69 Å². The van der Waals surface area contributed by atoms with Crippen molar-refractivity contribution in [3.05, 3.63) is 22.4 Å². The molecule has 108 valence electrons. The van der Waals surface area contributed by atoms with Gasteiger partial charge in [-0.05, 0) is 37.1 Å². The number of hydrogen-bond donors (Lipinski definition) is 1. The molecule has 0 radical (unpaired) electrons. The predicted octanol–water partition coefficient (Wildman–Crippen LogP) is 2.17. The Bertz CT molecular complexity index is 444. The van der Waals surface area contributed by atoms with Crippen LogP contribution in [0.2, 0.25) is 0 Å². The third kappa shape index (κ3) is 4.95. The van der Waals surface area contributed by atoms with Crippen molar-refractivity contribution in [1.29, 1.82) is 5.26 Å². The number of piperidine rings is 1. The first-order valence-electron chi connectivity index (χ1n) is 7.19. The number of nitriles is 1. The Balaban J connectivity index is 1.59. The van der Waals surface area contributed by atoms with Gasteiger partial charge in [0.1, 0.15) is 0 Å². The van der Waals surface area contributed by atoms with E-state index in [0.29, 0.717) is 19.0 Å². The van der Waals surface area contributed by atoms with Gasteiger partial charge in [-0.1, -0.05) is 6.07 Å². The molecule has 0 bridgehead atoms. The van der Waals surface area contributed by atoms with Crippen LogP contribution in [-0.4, -0.2) is 36.5 Å². The lowest BCUT2D eigenvalue weighted by Gasteiger charge is -2.30. The van der Waals surface area contributed by atoms with Gasteiger partial charge in [-0.2, -0.15) is 5.26 Å². The summed E-state index contributed by atoms with van der Waals surface area (Å²) >= 11 is 1.75. The molecule has 1 aromatic rings. The maximum Gasteiger partial charge on any atom is 0.220 e. The summed E-state index contributed by atoms with van der Waals surface area (Å²) in [5.41, 5.74) is 0. The van der Waals surface area contributed by atoms with E-state index < -0.39 is 0 Å². The van der Waals surface area contributed by atoms with Crippen LogP contribution in [0.3, 0.4) is 0 Å². The van der Waals surface area contributed by atoms with Crippen molar-refractivity contribution in [2.75, 3.05) is 19.6 Å². The van der Waals surface area contributed by atoms with E-state index in [1.807, 2.05) is 0 Å². The number of carbonyl (C=O) groups is 1. The molecule has 0 spiro atoms. The number of nitrogens with zero attached hydrogens (tertiary/aromatic N) is 2. The highest BCUT2D eigenvalue weighted by Gasteiger charge is 2.19. The summed E-state index contributed by atoms with van der Waals surface area (Å²) in [6.07, 6.45) is 4.43. The molecular weight excluding hydrogens is 270 g/mol. The number of nitrogens with one attached hydrogen (secondary N) is 1. The summed E-state index contributed by atoms with van der Waals surface area (Å²) in [7, 11) is 0. The molecule has 0 atom stereocenters. The van der Waals surface area contributed by atoms with Crippen molar-refractivity contribution in [1.82, 2.24) is 10.2 Å². The van der Waals surface area contributed by atoms with E-state index in [0.717, 1.165) is 38.8 Å². The first-order chi connectivity index (χ1) is 9.78. The van der Waals surface area contributed by atoms with Crippen LogP contribution < -0.4 is 5.32 Å². The highest BCUT2D eigenvalue weighted by atomic mass is 32.1. The summed E-state index contributed by atoms with van der Waals surface area (Å²) < 4.78 is 0. The summed E-state index contributed by atoms with van der Waals surface area (Å²) in [5, 5.41) is 13.8. The van der Waals surface area contributed by atoms with Gasteiger partial charge in [0, 0.05) is 30.4 Å². The Labute approximate surface area is 124 Å². The predicted molar refractivity (Wildman–Crippen MR) is 80.5 cm³/mol. The van der Waals surface area contributed by atoms with Crippen LogP contribution in [-0.2, 0) is 11.2 Å². The second kappa shape index (κ2) is 8.03. The van der Waals surface area contributed by atoms with Crippen LogP contribution in [0, 0.1) is 11.3 Å². The van der Waals surface area contributed by atoms with Crippen LogP contribution in [0.15, 0.2) is 17.5 Å². The maximum absolute atomic E-state index is 11.9. The van der Waals surface area contributed by atoms with E-state index >= 15 is 0 Å². The monoisotopic (exact) mass is 291 g/mol. The number of rotatable bonds is 6. The van der Waals surface area contributed by atoms with E-state index in [4.69, 9.17) is 5.26 Å². The molecule has 5 heteroatoms. The molecule has 1 saturated heterocycles. The zero-order valence-corrected chi connectivity index (χ0v) is 12.5. The Kier molecular flexibility index (Phi) is 6.03. The fourth-order valence-corrected chi connectivity index (χ4v) is 3.26. The van der Waals surface area contributed by atoms with Gasteiger partial charge in [0.25, 0.3) is 0 Å². The molecule has 1 N–H and O–H groups in total. The lowest BCUT2D eigenvalue weighted by atomic mass is 10.0. The average molecular weight is 291 g/mol. The number of aryl methyl sites for hydroxylation is 1. The molecule has 1 aromatic heterocycles. The van der Waals surface area contributed by atoms with Crippen molar-refractivity contribution in [2.45, 2.75) is 38.1 Å². The second-order valence-corrected chi connectivity index (χ2v) is 6.24. The lowest BCUT2D eigenvalue weighted by Crippen LogP contribution is -2.44. The van der Waals surface area contributed by atoms with E-state index in [9.17, 15) is 4.79 Å². The summed E-state index contributed by atoms with van der Waals surface area (Å²) in [6, 6.07) is 6.63. The third-order valence-corrected chi connectivity index (χ3v) is 4.59. The number of hydrogen-bond acceptors (Lipinski definition) is 4. The van der Waals surface area contributed by atoms with E-state index in [1.165, 1.54) is 4.88 Å². The van der Waals surface area contributed by atoms with Gasteiger partial charge >= 0.3 is 0 Å². The minimum absolute atomic E-state index is 0.167. The molecular formula is C15H21N3OS. The SMILES string of the molecule is N#CCN1CCC(NC(=O)CCCc2cccs2)CC1. The number of carbonyl (C=O) groups excluding carboxylic acids is 1. The first kappa shape index (κ1) is 15.0. The van der Waals surface area contributed by atoms with Crippen LogP contribution in [0.4, 0.5) is 0 Å². The van der Waals surface area contributed by atoms with Gasteiger partial charge in [0.2, 0.25) is 5.91 Å². The Morgan fingerprint density at radius 1 is 1.50 bits per heavy atom. The fourth-order valence-electron chi connectivity index (χ4n) is 2.51. The van der Waals surface area contributed by atoms with Gasteiger partial charge in [-0.25, -0.2) is 0 Å². The number of likely N-dealkylation sites (tertiary alicyclic amines) is 1. The highest BCUT2D eigenvalue weighted by molar-refractivity contribution is 7.09. The number of amides is 1. The summed E-state index contributed by atoms with van der Waals surface area (Å²) in [6.45, 7) is 2.32. The molecule has 1 fully saturated rings. The van der Waals surface area contributed by atoms with Crippen LogP contribution in [0.25, 0.3) is 0 Å². The van der Waals surface area contributed by atoms with E-state index in [-0.39, 0.29) is 5.91 Å². The summed E-state index contributed by atoms with van der Waals surface area (Å²) in [4.78, 5) is 15.4. The second-order valence-electron chi connectivity index (χ2n) is 5.21. The third-order valence-electron chi connectivity index (χ3n) is 3.65. The molecule has 0 aliphatic carbocycles. The molecule has 0 aromatic carbocycles. The fraction of sp³-hybridized carbons (Fsp3) is 0.600. The van der Waals surface area contributed by atoms with Gasteiger partial charge < -0.3 is 5.32 Å². The largest absolute Gasteiger partial charge is 0.353 e. The smallest absolute Gasteiger partial charge is 0.220 e. The quantitative estimate of drug-likeness (QED) is 0.817.